The van der Waals surface area contributed by atoms with Gasteiger partial charge in [0, 0.05) is 176 Å². The summed E-state index contributed by atoms with van der Waals surface area (Å²) in [5.74, 6) is 0.427. The van der Waals surface area contributed by atoms with Crippen LogP contribution in [0.3, 0.4) is 0 Å². The number of aryl methyl sites for hydroxylation is 2. The van der Waals surface area contributed by atoms with E-state index >= 15 is 0 Å². The number of pyridine rings is 12. The maximum atomic E-state index is 4.70. The SMILES string of the molecule is CC(C)c1cccc(-c2ccc(-c3[c-]cccc3)nc2)n1.CCc1cccc(-c2ccc(-c3[c-]cccc3)nc2)n1.Cc1cccc(-c2ccc(-c3[c-]cccc3)nc2)n1.[Ir].[Ir].[Ir].[Ir].[c-]1ccccc1-c1ccc(-c2ccncc2)cn1.[c-]1ccccc1-c1ccccn1.[c-]1ccccc1-c1ccccn1.[c-]1ccccc1-c1ccccn1.[c-]1ccccc1-c1ccccn1. The third-order valence-electron chi connectivity index (χ3n) is 18.9. The van der Waals surface area contributed by atoms with Gasteiger partial charge in [0.2, 0.25) is 0 Å². The maximum Gasteiger partial charge on any atom is 0.0720 e. The molecule has 0 aliphatic rings. The van der Waals surface area contributed by atoms with Crippen LogP contribution in [-0.2, 0) is 86.8 Å². The van der Waals surface area contributed by atoms with Crippen molar-refractivity contribution in [2.45, 2.75) is 40.0 Å². The molecule has 0 saturated carbocycles. The Bertz CT molecular complexity index is 5930. The Balaban J connectivity index is 0.000000168. The van der Waals surface area contributed by atoms with Crippen LogP contribution in [0.1, 0.15) is 43.8 Å². The van der Waals surface area contributed by atoms with Crippen LogP contribution in [0, 0.1) is 55.5 Å². The van der Waals surface area contributed by atoms with Gasteiger partial charge in [-0.15, -0.1) is 287 Å². The molecule has 8 aromatic carbocycles. The molecule has 0 N–H and O–H groups in total. The van der Waals surface area contributed by atoms with Crippen molar-refractivity contribution in [3.8, 4) is 135 Å². The van der Waals surface area contributed by atoms with Crippen molar-refractivity contribution >= 4 is 0 Å². The Morgan fingerprint density at radius 3 is 0.731 bits per heavy atom. The summed E-state index contributed by atoms with van der Waals surface area (Å²) in [4.78, 5) is 52.7. The Morgan fingerprint density at radius 1 is 0.215 bits per heavy atom. The van der Waals surface area contributed by atoms with E-state index < -0.39 is 0 Å². The van der Waals surface area contributed by atoms with E-state index in [9.17, 15) is 0 Å². The Kier molecular flexibility index (Phi) is 42.8. The minimum Gasteiger partial charge on any atom is -0.305 e. The first kappa shape index (κ1) is 99.9. The molecule has 20 aromatic rings. The van der Waals surface area contributed by atoms with Gasteiger partial charge in [0.25, 0.3) is 0 Å². The summed E-state index contributed by atoms with van der Waals surface area (Å²) < 4.78 is 0. The first-order valence-corrected chi connectivity index (χ1v) is 41.3. The molecule has 0 spiro atoms. The van der Waals surface area contributed by atoms with E-state index in [1.807, 2.05) is 384 Å². The van der Waals surface area contributed by atoms with Crippen molar-refractivity contribution < 1.29 is 80.4 Å². The first-order chi connectivity index (χ1) is 62.2. The number of aromatic nitrogens is 12. The largest absolute Gasteiger partial charge is 0.305 e. The van der Waals surface area contributed by atoms with Gasteiger partial charge < -0.3 is 39.9 Å². The van der Waals surface area contributed by atoms with E-state index in [-0.39, 0.29) is 80.4 Å². The number of benzene rings is 8. The quantitative estimate of drug-likeness (QED) is 0.0952. The Morgan fingerprint density at radius 2 is 0.477 bits per heavy atom. The number of rotatable bonds is 14. The average Bonchev–Trinajstić information content (AvgIpc) is 0.840. The van der Waals surface area contributed by atoms with Crippen LogP contribution in [0.25, 0.3) is 135 Å². The molecule has 0 bridgehead atoms. The van der Waals surface area contributed by atoms with Crippen LogP contribution in [-0.4, -0.2) is 59.8 Å². The van der Waals surface area contributed by atoms with Gasteiger partial charge in [-0.05, 0) is 149 Å². The van der Waals surface area contributed by atoms with Crippen molar-refractivity contribution in [1.29, 1.82) is 0 Å². The molecule has 12 heterocycles. The normalized spacial score (nSPS) is 9.85. The molecule has 0 amide bonds. The predicted molar refractivity (Wildman–Crippen MR) is 509 cm³/mol. The third kappa shape index (κ3) is 31.9. The fourth-order valence-corrected chi connectivity index (χ4v) is 12.4. The van der Waals surface area contributed by atoms with Crippen LogP contribution in [0.4, 0.5) is 0 Å². The zero-order chi connectivity index (χ0) is 86.6. The fraction of sp³-hybridized carbons (Fsp3) is 0.0526. The number of hydrogen-bond donors (Lipinski definition) is 0. The summed E-state index contributed by atoms with van der Waals surface area (Å²) in [6, 6.07) is 150. The fourth-order valence-electron chi connectivity index (χ4n) is 12.4. The van der Waals surface area contributed by atoms with Crippen LogP contribution in [0.15, 0.2) is 444 Å². The molecule has 20 rings (SSSR count). The summed E-state index contributed by atoms with van der Waals surface area (Å²) in [5, 5.41) is 0. The Hall–Kier alpha value is -13.8. The standard InChI is InChI=1S/C19H17N2.C18H15N2.C17H13N2.C16H11N2.4C11H8N.4Ir/c1-14(2)17-9-6-10-19(21-17)16-11-12-18(20-13-16)15-7-4-3-5-8-15;1-2-16-9-6-10-18(20-16)15-11-12-17(19-13-15)14-7-4-3-5-8-14;1-13-6-5-9-17(19-13)15-10-11-16(18-12-15)14-7-3-2-4-8-14;1-2-4-14(5-3-1)16-7-6-15(12-18-16)13-8-10-17-11-9-13;4*1-2-6-10(7-3-1)11-8-4-5-9-12-11;;;;/h3-7,9-14H,1-2H3;3-7,9-13H,2H2,1H3;2-7,9-12H,1H3;1-4,6-12H;4*1-6,8-9H;;;;/q8*-1;;;;. The van der Waals surface area contributed by atoms with E-state index in [1.54, 1.807) is 37.2 Å². The zero-order valence-electron chi connectivity index (χ0n) is 71.6. The smallest absolute Gasteiger partial charge is 0.0720 e. The van der Waals surface area contributed by atoms with Gasteiger partial charge in [-0.1, -0.05) is 136 Å². The Labute approximate surface area is 817 Å². The molecule has 16 heteroatoms. The molecule has 0 fully saturated rings. The van der Waals surface area contributed by atoms with Crippen LogP contribution < -0.4 is 0 Å². The molecule has 0 atom stereocenters. The molecular formula is C114H88Ir4N12-8. The third-order valence-corrected chi connectivity index (χ3v) is 18.9. The zero-order valence-corrected chi connectivity index (χ0v) is 81.2. The topological polar surface area (TPSA) is 155 Å². The van der Waals surface area contributed by atoms with Crippen molar-refractivity contribution in [1.82, 2.24) is 59.8 Å². The number of hydrogen-bond acceptors (Lipinski definition) is 12. The minimum atomic E-state index is 0. The van der Waals surface area contributed by atoms with Gasteiger partial charge in [-0.2, -0.15) is 0 Å². The predicted octanol–water partition coefficient (Wildman–Crippen LogP) is 26.6. The van der Waals surface area contributed by atoms with E-state index in [0.29, 0.717) is 5.92 Å². The molecule has 648 valence electrons. The number of nitrogens with zero attached hydrogens (tertiary/aromatic N) is 12. The van der Waals surface area contributed by atoms with Crippen molar-refractivity contribution in [2.24, 2.45) is 0 Å². The molecule has 4 radical (unpaired) electrons. The second kappa shape index (κ2) is 55.7. The maximum absolute atomic E-state index is 4.70. The van der Waals surface area contributed by atoms with Crippen LogP contribution >= 0.6 is 0 Å². The second-order valence-corrected chi connectivity index (χ2v) is 28.2. The molecule has 0 unspecified atom stereocenters. The van der Waals surface area contributed by atoms with Crippen molar-refractivity contribution in [3.05, 3.63) is 510 Å². The summed E-state index contributed by atoms with van der Waals surface area (Å²) in [6.07, 6.45) is 19.2. The summed E-state index contributed by atoms with van der Waals surface area (Å²) in [5.41, 5.74) is 27.2. The molecule has 0 aliphatic heterocycles. The van der Waals surface area contributed by atoms with Gasteiger partial charge in [0.15, 0.2) is 0 Å². The van der Waals surface area contributed by atoms with E-state index in [2.05, 4.69) is 154 Å². The van der Waals surface area contributed by atoms with Gasteiger partial charge in [0.1, 0.15) is 0 Å². The molecule has 130 heavy (non-hydrogen) atoms. The molecule has 12 nitrogen and oxygen atoms in total. The second-order valence-electron chi connectivity index (χ2n) is 28.2. The molecular weight excluding hydrogens is 2310 g/mol. The first-order valence-electron chi connectivity index (χ1n) is 41.3. The minimum absolute atomic E-state index is 0. The summed E-state index contributed by atoms with van der Waals surface area (Å²) >= 11 is 0. The molecule has 0 aliphatic carbocycles. The van der Waals surface area contributed by atoms with Gasteiger partial charge in [-0.3, -0.25) is 19.9 Å². The van der Waals surface area contributed by atoms with Gasteiger partial charge in [0.05, 0.1) is 17.1 Å². The van der Waals surface area contributed by atoms with E-state index in [4.69, 9.17) is 4.98 Å². The van der Waals surface area contributed by atoms with E-state index in [1.165, 1.54) is 0 Å². The van der Waals surface area contributed by atoms with Crippen molar-refractivity contribution in [2.75, 3.05) is 0 Å². The van der Waals surface area contributed by atoms with Crippen LogP contribution in [0.2, 0.25) is 0 Å². The summed E-state index contributed by atoms with van der Waals surface area (Å²) in [6.45, 7) is 8.40. The molecule has 0 saturated heterocycles. The summed E-state index contributed by atoms with van der Waals surface area (Å²) in [7, 11) is 0. The molecule has 12 aromatic heterocycles. The van der Waals surface area contributed by atoms with Crippen LogP contribution in [0.5, 0.6) is 0 Å². The average molecular weight is 2390 g/mol. The van der Waals surface area contributed by atoms with Crippen molar-refractivity contribution in [3.63, 3.8) is 0 Å². The van der Waals surface area contributed by atoms with Gasteiger partial charge >= 0.3 is 0 Å². The monoisotopic (exact) mass is 2400 g/mol. The van der Waals surface area contributed by atoms with Gasteiger partial charge in [-0.25, -0.2) is 0 Å². The van der Waals surface area contributed by atoms with E-state index in [0.717, 1.165) is 158 Å².